The van der Waals surface area contributed by atoms with Crippen molar-refractivity contribution in [2.45, 2.75) is 44.7 Å². The molecule has 0 bridgehead atoms. The Morgan fingerprint density at radius 1 is 1.10 bits per heavy atom. The molecule has 2 N–H and O–H groups in total. The van der Waals surface area contributed by atoms with Crippen LogP contribution in [-0.2, 0) is 23.0 Å². The van der Waals surface area contributed by atoms with Gasteiger partial charge in [-0.25, -0.2) is 17.8 Å². The summed E-state index contributed by atoms with van der Waals surface area (Å²) in [7, 11) is -1.92. The summed E-state index contributed by atoms with van der Waals surface area (Å²) in [6, 6.07) is 13.4. The van der Waals surface area contributed by atoms with E-state index in [2.05, 4.69) is 15.6 Å². The molecule has 31 heavy (non-hydrogen) atoms. The maximum Gasteiger partial charge on any atom is 0.243 e. The molecule has 0 heterocycles. The average Bonchev–Trinajstić information content (AvgIpc) is 2.73. The molecule has 0 aromatic heterocycles. The van der Waals surface area contributed by atoms with Crippen LogP contribution in [-0.4, -0.2) is 44.9 Å². The van der Waals surface area contributed by atoms with Gasteiger partial charge in [-0.15, -0.1) is 24.0 Å². The van der Waals surface area contributed by atoms with E-state index in [1.165, 1.54) is 10.4 Å². The maximum atomic E-state index is 13.7. The predicted octanol–water partition coefficient (Wildman–Crippen LogP) is 3.77. The van der Waals surface area contributed by atoms with Crippen molar-refractivity contribution in [2.24, 2.45) is 4.99 Å². The van der Waals surface area contributed by atoms with Gasteiger partial charge >= 0.3 is 0 Å². The van der Waals surface area contributed by atoms with Crippen molar-refractivity contribution in [2.75, 3.05) is 20.1 Å². The van der Waals surface area contributed by atoms with Crippen molar-refractivity contribution in [3.05, 3.63) is 65.5 Å². The van der Waals surface area contributed by atoms with Crippen LogP contribution in [0, 0.1) is 5.82 Å². The van der Waals surface area contributed by atoms with E-state index in [0.29, 0.717) is 37.6 Å². The number of aliphatic imine (C=N–C) groups is 1. The number of rotatable bonds is 9. The highest BCUT2D eigenvalue weighted by Gasteiger charge is 2.22. The summed E-state index contributed by atoms with van der Waals surface area (Å²) in [5.41, 5.74) is 1.55. The lowest BCUT2D eigenvalue weighted by Crippen LogP contribution is -2.38. The summed E-state index contributed by atoms with van der Waals surface area (Å²) in [6.07, 6.45) is 0.549. The number of hydrogen-bond acceptors (Lipinski definition) is 3. The number of nitrogens with zero attached hydrogens (tertiary/aromatic N) is 2. The Labute approximate surface area is 202 Å². The number of benzene rings is 2. The first-order valence-corrected chi connectivity index (χ1v) is 11.5. The van der Waals surface area contributed by atoms with Gasteiger partial charge in [0.25, 0.3) is 0 Å². The van der Waals surface area contributed by atoms with E-state index >= 15 is 0 Å². The van der Waals surface area contributed by atoms with E-state index in [-0.39, 0.29) is 40.7 Å². The van der Waals surface area contributed by atoms with Crippen molar-refractivity contribution in [3.8, 4) is 0 Å². The van der Waals surface area contributed by atoms with Crippen LogP contribution in [0.2, 0.25) is 0 Å². The van der Waals surface area contributed by atoms with E-state index in [0.717, 1.165) is 5.56 Å². The summed E-state index contributed by atoms with van der Waals surface area (Å²) < 4.78 is 40.2. The number of halogens is 2. The normalized spacial score (nSPS) is 12.0. The molecule has 0 atom stereocenters. The zero-order valence-electron chi connectivity index (χ0n) is 18.4. The molecular weight excluding hydrogens is 530 g/mol. The van der Waals surface area contributed by atoms with Crippen LogP contribution >= 0.6 is 24.0 Å². The first-order chi connectivity index (χ1) is 14.3. The molecular formula is C22H32FIN4O2S. The van der Waals surface area contributed by atoms with Crippen molar-refractivity contribution in [1.82, 2.24) is 14.9 Å². The Kier molecular flexibility index (Phi) is 11.4. The average molecular weight is 562 g/mol. The van der Waals surface area contributed by atoms with Crippen LogP contribution in [0.25, 0.3) is 0 Å². The van der Waals surface area contributed by atoms with Crippen molar-refractivity contribution in [3.63, 3.8) is 0 Å². The molecule has 172 valence electrons. The number of sulfonamides is 1. The first-order valence-electron chi connectivity index (χ1n) is 10.1. The SMILES string of the molecule is CCNC(=NCc1ccc(S(=O)(=O)N(C)C(C)C)cc1)NCCc1ccccc1F.I. The van der Waals surface area contributed by atoms with E-state index < -0.39 is 10.0 Å². The summed E-state index contributed by atoms with van der Waals surface area (Å²) in [5.74, 6) is 0.421. The summed E-state index contributed by atoms with van der Waals surface area (Å²) in [6.45, 7) is 7.29. The fourth-order valence-electron chi connectivity index (χ4n) is 2.74. The fourth-order valence-corrected chi connectivity index (χ4v) is 4.11. The highest BCUT2D eigenvalue weighted by molar-refractivity contribution is 14.0. The molecule has 0 aliphatic carbocycles. The van der Waals surface area contributed by atoms with Gasteiger partial charge in [0.05, 0.1) is 11.4 Å². The highest BCUT2D eigenvalue weighted by Crippen LogP contribution is 2.17. The van der Waals surface area contributed by atoms with E-state index in [1.807, 2.05) is 26.8 Å². The van der Waals surface area contributed by atoms with E-state index in [9.17, 15) is 12.8 Å². The zero-order chi connectivity index (χ0) is 22.1. The standard InChI is InChI=1S/C22H31FN4O2S.HI/c1-5-24-22(25-15-14-19-8-6-7-9-21(19)23)26-16-18-10-12-20(13-11-18)30(28,29)27(4)17(2)3;/h6-13,17H,5,14-16H2,1-4H3,(H2,24,25,26);1H. The summed E-state index contributed by atoms with van der Waals surface area (Å²) in [5, 5.41) is 6.36. The fraction of sp³-hybridized carbons (Fsp3) is 0.409. The topological polar surface area (TPSA) is 73.8 Å². The minimum atomic E-state index is -3.49. The van der Waals surface area contributed by atoms with Crippen molar-refractivity contribution < 1.29 is 12.8 Å². The number of nitrogens with one attached hydrogen (secondary N) is 2. The lowest BCUT2D eigenvalue weighted by molar-refractivity contribution is 0.410. The van der Waals surface area contributed by atoms with Crippen molar-refractivity contribution in [1.29, 1.82) is 0 Å². The Morgan fingerprint density at radius 3 is 2.32 bits per heavy atom. The molecule has 0 fully saturated rings. The molecule has 6 nitrogen and oxygen atoms in total. The molecule has 0 saturated carbocycles. The van der Waals surface area contributed by atoms with Gasteiger partial charge in [0.2, 0.25) is 10.0 Å². The largest absolute Gasteiger partial charge is 0.357 e. The molecule has 0 saturated heterocycles. The van der Waals surface area contributed by atoms with Gasteiger partial charge in [-0.3, -0.25) is 0 Å². The summed E-state index contributed by atoms with van der Waals surface area (Å²) in [4.78, 5) is 4.80. The third-order valence-corrected chi connectivity index (χ3v) is 6.78. The predicted molar refractivity (Wildman–Crippen MR) is 135 cm³/mol. The number of hydrogen-bond donors (Lipinski definition) is 2. The Morgan fingerprint density at radius 2 is 1.74 bits per heavy atom. The molecule has 0 radical (unpaired) electrons. The smallest absolute Gasteiger partial charge is 0.243 e. The van der Waals surface area contributed by atoms with Crippen LogP contribution in [0.4, 0.5) is 4.39 Å². The van der Waals surface area contributed by atoms with Crippen LogP contribution in [0.15, 0.2) is 58.4 Å². The van der Waals surface area contributed by atoms with Gasteiger partial charge < -0.3 is 10.6 Å². The van der Waals surface area contributed by atoms with Crippen molar-refractivity contribution >= 4 is 40.0 Å². The Balaban J connectivity index is 0.00000480. The van der Waals surface area contributed by atoms with E-state index in [4.69, 9.17) is 0 Å². The lowest BCUT2D eigenvalue weighted by Gasteiger charge is -2.21. The molecule has 2 aromatic carbocycles. The monoisotopic (exact) mass is 562 g/mol. The van der Waals surface area contributed by atoms with Crippen LogP contribution in [0.3, 0.4) is 0 Å². The van der Waals surface area contributed by atoms with Gasteiger partial charge in [0, 0.05) is 26.2 Å². The first kappa shape index (κ1) is 27.3. The minimum Gasteiger partial charge on any atom is -0.357 e. The lowest BCUT2D eigenvalue weighted by atomic mass is 10.1. The molecule has 0 aliphatic heterocycles. The Bertz CT molecular complexity index is 950. The van der Waals surface area contributed by atoms with Gasteiger partial charge in [-0.05, 0) is 56.5 Å². The molecule has 0 spiro atoms. The van der Waals surface area contributed by atoms with E-state index in [1.54, 1.807) is 43.4 Å². The molecule has 9 heteroatoms. The quantitative estimate of drug-likeness (QED) is 0.277. The molecule has 2 rings (SSSR count). The zero-order valence-corrected chi connectivity index (χ0v) is 21.6. The Hall–Kier alpha value is -1.72. The maximum absolute atomic E-state index is 13.7. The highest BCUT2D eigenvalue weighted by atomic mass is 127. The second-order valence-electron chi connectivity index (χ2n) is 7.22. The van der Waals surface area contributed by atoms with Gasteiger partial charge in [0.1, 0.15) is 5.82 Å². The number of guanidine groups is 1. The molecule has 0 aliphatic rings. The van der Waals surface area contributed by atoms with Gasteiger partial charge in [-0.1, -0.05) is 30.3 Å². The molecule has 0 amide bonds. The third kappa shape index (κ3) is 8.04. The minimum absolute atomic E-state index is 0. The molecule has 2 aromatic rings. The summed E-state index contributed by atoms with van der Waals surface area (Å²) >= 11 is 0. The van der Waals surface area contributed by atoms with Crippen LogP contribution in [0.1, 0.15) is 31.9 Å². The van der Waals surface area contributed by atoms with Crippen LogP contribution < -0.4 is 10.6 Å². The second kappa shape index (κ2) is 13.0. The molecule has 0 unspecified atom stereocenters. The second-order valence-corrected chi connectivity index (χ2v) is 9.22. The van der Waals surface area contributed by atoms with Crippen LogP contribution in [0.5, 0.6) is 0 Å². The van der Waals surface area contributed by atoms with Gasteiger partial charge in [-0.2, -0.15) is 4.31 Å². The van der Waals surface area contributed by atoms with Gasteiger partial charge in [0.15, 0.2) is 5.96 Å². The third-order valence-electron chi connectivity index (χ3n) is 4.74.